The second kappa shape index (κ2) is 7.13. The zero-order valence-corrected chi connectivity index (χ0v) is 8.27. The van der Waals surface area contributed by atoms with Gasteiger partial charge in [0.15, 0.2) is 0 Å². The highest BCUT2D eigenvalue weighted by Gasteiger charge is 2.00. The second-order valence-electron chi connectivity index (χ2n) is 2.60. The number of nitrogens with one attached hydrogen (secondary N) is 1. The highest BCUT2D eigenvalue weighted by molar-refractivity contribution is 6.25. The molecule has 0 bridgehead atoms. The highest BCUT2D eigenvalue weighted by Crippen LogP contribution is 1.84. The fraction of sp³-hybridized carbons (Fsp3) is 0.625. The summed E-state index contributed by atoms with van der Waals surface area (Å²) in [5.74, 6) is 0.136. The van der Waals surface area contributed by atoms with Crippen molar-refractivity contribution in [3.05, 3.63) is 11.6 Å². The van der Waals surface area contributed by atoms with Gasteiger partial charge in [-0.05, 0) is 0 Å². The van der Waals surface area contributed by atoms with Crippen LogP contribution < -0.4 is 5.32 Å². The predicted octanol–water partition coefficient (Wildman–Crippen LogP) is 0.807. The Balaban J connectivity index is 3.26. The lowest BCUT2D eigenvalue weighted by Gasteiger charge is -2.09. The van der Waals surface area contributed by atoms with E-state index in [1.807, 2.05) is 0 Å². The number of nitrogens with zero attached hydrogens (tertiary/aromatic N) is 1. The number of carbonyl (C=O) groups excluding carboxylic acids is 1. The lowest BCUT2D eigenvalue weighted by atomic mass is 10.4. The van der Waals surface area contributed by atoms with E-state index in [1.165, 1.54) is 5.54 Å². The molecule has 0 aromatic rings. The first-order valence-electron chi connectivity index (χ1n) is 3.84. The molecular weight excluding hydrogens is 176 g/mol. The Bertz CT molecular complexity index is 157. The minimum atomic E-state index is 0.136. The Morgan fingerprint density at radius 2 is 2.25 bits per heavy atom. The highest BCUT2D eigenvalue weighted by atomic mass is 35.5. The van der Waals surface area contributed by atoms with Gasteiger partial charge in [0.1, 0.15) is 0 Å². The van der Waals surface area contributed by atoms with Gasteiger partial charge in [0.05, 0.1) is 0 Å². The van der Waals surface area contributed by atoms with Gasteiger partial charge < -0.3 is 10.2 Å². The normalized spacial score (nSPS) is 10.6. The molecule has 0 radical (unpaired) electrons. The van der Waals surface area contributed by atoms with Crippen LogP contribution in [0.1, 0.15) is 6.42 Å². The lowest BCUT2D eigenvalue weighted by Crippen LogP contribution is -2.26. The summed E-state index contributed by atoms with van der Waals surface area (Å²) in [6, 6.07) is 0. The topological polar surface area (TPSA) is 32.3 Å². The number of amides is 1. The smallest absolute Gasteiger partial charge is 0.223 e. The Hall–Kier alpha value is -0.540. The minimum Gasteiger partial charge on any atom is -0.349 e. The van der Waals surface area contributed by atoms with E-state index >= 15 is 0 Å². The number of hydrogen-bond donors (Lipinski definition) is 1. The van der Waals surface area contributed by atoms with Crippen LogP contribution in [0.2, 0.25) is 0 Å². The minimum absolute atomic E-state index is 0.136. The van der Waals surface area contributed by atoms with Crippen molar-refractivity contribution >= 4 is 17.5 Å². The Labute approximate surface area is 78.4 Å². The number of rotatable bonds is 5. The van der Waals surface area contributed by atoms with Crippen LogP contribution in [0.4, 0.5) is 0 Å². The molecule has 70 valence electrons. The molecule has 0 rings (SSSR count). The first-order valence-corrected chi connectivity index (χ1v) is 4.28. The third-order valence-corrected chi connectivity index (χ3v) is 1.54. The molecule has 0 heterocycles. The molecule has 4 heteroatoms. The molecule has 3 nitrogen and oxygen atoms in total. The molecule has 0 aromatic heterocycles. The summed E-state index contributed by atoms with van der Waals surface area (Å²) in [6.45, 7) is 1.41. The van der Waals surface area contributed by atoms with Gasteiger partial charge in [0.25, 0.3) is 0 Å². The van der Waals surface area contributed by atoms with E-state index in [-0.39, 0.29) is 5.91 Å². The SMILES string of the molecule is CN(C)C(=O)CCNC/C=C/Cl. The van der Waals surface area contributed by atoms with Crippen LogP contribution in [0.5, 0.6) is 0 Å². The number of halogens is 1. The maximum atomic E-state index is 11.0. The third-order valence-electron chi connectivity index (χ3n) is 1.37. The quantitative estimate of drug-likeness (QED) is 0.651. The van der Waals surface area contributed by atoms with Crippen molar-refractivity contribution < 1.29 is 4.79 Å². The molecule has 1 amide bonds. The van der Waals surface area contributed by atoms with E-state index in [4.69, 9.17) is 11.6 Å². The number of carbonyl (C=O) groups is 1. The monoisotopic (exact) mass is 190 g/mol. The summed E-state index contributed by atoms with van der Waals surface area (Å²) in [7, 11) is 3.50. The molecule has 0 atom stereocenters. The van der Waals surface area contributed by atoms with E-state index in [0.29, 0.717) is 19.5 Å². The van der Waals surface area contributed by atoms with Crippen molar-refractivity contribution in [2.45, 2.75) is 6.42 Å². The Kier molecular flexibility index (Phi) is 6.81. The van der Waals surface area contributed by atoms with Crippen molar-refractivity contribution in [1.82, 2.24) is 10.2 Å². The molecule has 0 unspecified atom stereocenters. The van der Waals surface area contributed by atoms with Crippen LogP contribution in [0.15, 0.2) is 11.6 Å². The predicted molar refractivity (Wildman–Crippen MR) is 51.2 cm³/mol. The average Bonchev–Trinajstić information content (AvgIpc) is 2.03. The molecule has 0 fully saturated rings. The van der Waals surface area contributed by atoms with E-state index < -0.39 is 0 Å². The fourth-order valence-electron chi connectivity index (χ4n) is 0.649. The van der Waals surface area contributed by atoms with E-state index in [0.717, 1.165) is 0 Å². The molecular formula is C8H15ClN2O. The summed E-state index contributed by atoms with van der Waals surface area (Å²) in [5.41, 5.74) is 1.46. The van der Waals surface area contributed by atoms with E-state index in [2.05, 4.69) is 5.32 Å². The van der Waals surface area contributed by atoms with Crippen LogP contribution in [-0.4, -0.2) is 38.0 Å². The van der Waals surface area contributed by atoms with Crippen LogP contribution >= 0.6 is 11.6 Å². The Morgan fingerprint density at radius 1 is 1.58 bits per heavy atom. The first-order chi connectivity index (χ1) is 5.68. The van der Waals surface area contributed by atoms with Gasteiger partial charge in [-0.2, -0.15) is 0 Å². The van der Waals surface area contributed by atoms with Crippen molar-refractivity contribution in [2.24, 2.45) is 0 Å². The van der Waals surface area contributed by atoms with Crippen LogP contribution in [0.3, 0.4) is 0 Å². The second-order valence-corrected chi connectivity index (χ2v) is 2.86. The molecule has 1 N–H and O–H groups in total. The van der Waals surface area contributed by atoms with Gasteiger partial charge in [-0.1, -0.05) is 17.7 Å². The number of hydrogen-bond acceptors (Lipinski definition) is 2. The van der Waals surface area contributed by atoms with Crippen LogP contribution in [0, 0.1) is 0 Å². The van der Waals surface area contributed by atoms with Gasteiger partial charge in [-0.3, -0.25) is 4.79 Å². The zero-order valence-electron chi connectivity index (χ0n) is 7.51. The van der Waals surface area contributed by atoms with Crippen LogP contribution in [-0.2, 0) is 4.79 Å². The zero-order chi connectivity index (χ0) is 9.40. The van der Waals surface area contributed by atoms with Gasteiger partial charge in [-0.15, -0.1) is 0 Å². The summed E-state index contributed by atoms with van der Waals surface area (Å²) >= 11 is 5.30. The van der Waals surface area contributed by atoms with Gasteiger partial charge >= 0.3 is 0 Å². The summed E-state index contributed by atoms with van der Waals surface area (Å²) in [6.07, 6.45) is 2.32. The summed E-state index contributed by atoms with van der Waals surface area (Å²) in [4.78, 5) is 12.6. The van der Waals surface area contributed by atoms with Gasteiger partial charge in [0, 0.05) is 39.1 Å². The fourth-order valence-corrected chi connectivity index (χ4v) is 0.738. The summed E-state index contributed by atoms with van der Waals surface area (Å²) < 4.78 is 0. The maximum Gasteiger partial charge on any atom is 0.223 e. The Morgan fingerprint density at radius 3 is 2.75 bits per heavy atom. The lowest BCUT2D eigenvalue weighted by molar-refractivity contribution is -0.128. The molecule has 12 heavy (non-hydrogen) atoms. The maximum absolute atomic E-state index is 11.0. The summed E-state index contributed by atoms with van der Waals surface area (Å²) in [5, 5.41) is 3.05. The van der Waals surface area contributed by atoms with Crippen molar-refractivity contribution in [3.8, 4) is 0 Å². The molecule has 0 saturated heterocycles. The van der Waals surface area contributed by atoms with E-state index in [1.54, 1.807) is 25.1 Å². The van der Waals surface area contributed by atoms with Crippen molar-refractivity contribution in [2.75, 3.05) is 27.2 Å². The average molecular weight is 191 g/mol. The largest absolute Gasteiger partial charge is 0.349 e. The molecule has 0 aliphatic carbocycles. The standard InChI is InChI=1S/C8H15ClN2O/c1-11(2)8(12)4-7-10-6-3-5-9/h3,5,10H,4,6-7H2,1-2H3/b5-3+. The molecule has 0 spiro atoms. The molecule has 0 saturated carbocycles. The molecule has 0 aliphatic heterocycles. The molecule has 0 aliphatic rings. The first kappa shape index (κ1) is 11.5. The molecule has 0 aromatic carbocycles. The van der Waals surface area contributed by atoms with Gasteiger partial charge in [-0.25, -0.2) is 0 Å². The van der Waals surface area contributed by atoms with Crippen molar-refractivity contribution in [3.63, 3.8) is 0 Å². The van der Waals surface area contributed by atoms with Gasteiger partial charge in [0.2, 0.25) is 5.91 Å². The van der Waals surface area contributed by atoms with Crippen molar-refractivity contribution in [1.29, 1.82) is 0 Å². The van der Waals surface area contributed by atoms with E-state index in [9.17, 15) is 4.79 Å². The van der Waals surface area contributed by atoms with Crippen LogP contribution in [0.25, 0.3) is 0 Å². The third kappa shape index (κ3) is 6.19.